The number of aromatic nitrogens is 1. The van der Waals surface area contributed by atoms with Crippen molar-refractivity contribution in [3.05, 3.63) is 66.9 Å². The maximum Gasteiger partial charge on any atom is 0.297 e. The van der Waals surface area contributed by atoms with Gasteiger partial charge in [0.1, 0.15) is 18.5 Å². The van der Waals surface area contributed by atoms with Crippen LogP contribution in [0.4, 0.5) is 0 Å². The Kier molecular flexibility index (Phi) is 6.17. The van der Waals surface area contributed by atoms with Crippen LogP contribution in [-0.2, 0) is 14.3 Å². The Balaban J connectivity index is 2.12. The second-order valence-electron chi connectivity index (χ2n) is 5.46. The van der Waals surface area contributed by atoms with Crippen LogP contribution in [0.1, 0.15) is 11.1 Å². The summed E-state index contributed by atoms with van der Waals surface area (Å²) in [5, 5.41) is 0. The van der Waals surface area contributed by atoms with E-state index in [1.807, 2.05) is 6.92 Å². The van der Waals surface area contributed by atoms with Crippen LogP contribution in [0.3, 0.4) is 0 Å². The van der Waals surface area contributed by atoms with Gasteiger partial charge in [-0.15, -0.1) is 0 Å². The average molecular weight is 357 g/mol. The van der Waals surface area contributed by atoms with Crippen molar-refractivity contribution in [3.63, 3.8) is 0 Å². The fourth-order valence-corrected chi connectivity index (χ4v) is 3.04. The molecular weight excluding hydrogens is 337 g/mol. The lowest BCUT2D eigenvalue weighted by Crippen LogP contribution is -2.26. The quantitative estimate of drug-likeness (QED) is 0.408. The van der Waals surface area contributed by atoms with E-state index in [-0.39, 0.29) is 11.5 Å². The van der Waals surface area contributed by atoms with Crippen molar-refractivity contribution < 1.29 is 17.3 Å². The Morgan fingerprint density at radius 1 is 1.24 bits per heavy atom. The molecule has 1 heterocycles. The largest absolute Gasteiger partial charge is 0.482 e. The van der Waals surface area contributed by atoms with Gasteiger partial charge in [0.05, 0.1) is 4.90 Å². The van der Waals surface area contributed by atoms with E-state index in [1.54, 1.807) is 38.3 Å². The van der Waals surface area contributed by atoms with Crippen molar-refractivity contribution in [1.29, 1.82) is 0 Å². The first kappa shape index (κ1) is 19.0. The predicted molar refractivity (Wildman–Crippen MR) is 101 cm³/mol. The Bertz CT molecular complexity index is 863. The molecule has 0 N–H and O–H groups in total. The summed E-state index contributed by atoms with van der Waals surface area (Å²) < 4.78 is 35.5. The third-order valence-corrected chi connectivity index (χ3v) is 4.86. The number of nitrogens with zero attached hydrogens (tertiary/aromatic N) is 1. The average Bonchev–Trinajstić information content (AvgIpc) is 2.60. The Labute approximate surface area is 149 Å². The molecule has 1 aromatic carbocycles. The van der Waals surface area contributed by atoms with E-state index in [2.05, 4.69) is 18.1 Å². The van der Waals surface area contributed by atoms with Crippen molar-refractivity contribution in [2.45, 2.75) is 17.9 Å². The summed E-state index contributed by atoms with van der Waals surface area (Å²) in [4.78, 5) is 4.28. The van der Waals surface area contributed by atoms with Crippen molar-refractivity contribution in [2.75, 3.05) is 6.61 Å². The molecule has 0 aliphatic heterocycles. The molecule has 0 amide bonds. The molecule has 25 heavy (non-hydrogen) atoms. The van der Waals surface area contributed by atoms with Crippen LogP contribution in [0.2, 0.25) is 0 Å². The van der Waals surface area contributed by atoms with Crippen molar-refractivity contribution in [1.82, 2.24) is 4.98 Å². The fourth-order valence-electron chi connectivity index (χ4n) is 2.12. The van der Waals surface area contributed by atoms with E-state index in [9.17, 15) is 8.42 Å². The molecule has 1 aromatic heterocycles. The SMILES string of the molecule is Bc1nccc(C=C)c1O[C@H](C=C)COS(=O)(=O)c1ccc(C)cc1. The van der Waals surface area contributed by atoms with Crippen LogP contribution in [-0.4, -0.2) is 34.0 Å². The van der Waals surface area contributed by atoms with Gasteiger partial charge >= 0.3 is 0 Å². The summed E-state index contributed by atoms with van der Waals surface area (Å²) in [5.41, 5.74) is 2.40. The topological polar surface area (TPSA) is 65.5 Å². The van der Waals surface area contributed by atoms with E-state index in [0.717, 1.165) is 11.1 Å². The lowest BCUT2D eigenvalue weighted by Gasteiger charge is -2.18. The summed E-state index contributed by atoms with van der Waals surface area (Å²) in [6.45, 7) is 9.11. The van der Waals surface area contributed by atoms with E-state index in [1.165, 1.54) is 18.2 Å². The summed E-state index contributed by atoms with van der Waals surface area (Å²) in [6, 6.07) is 8.21. The highest BCUT2D eigenvalue weighted by molar-refractivity contribution is 7.86. The molecule has 5 nitrogen and oxygen atoms in total. The van der Waals surface area contributed by atoms with Crippen molar-refractivity contribution >= 4 is 29.6 Å². The molecule has 0 bridgehead atoms. The number of pyridine rings is 1. The maximum absolute atomic E-state index is 12.3. The summed E-state index contributed by atoms with van der Waals surface area (Å²) in [7, 11) is -2.07. The van der Waals surface area contributed by atoms with Crippen LogP contribution in [0, 0.1) is 6.92 Å². The highest BCUT2D eigenvalue weighted by atomic mass is 32.2. The summed E-state index contributed by atoms with van der Waals surface area (Å²) >= 11 is 0. The summed E-state index contributed by atoms with van der Waals surface area (Å²) in [5.74, 6) is 0.527. The van der Waals surface area contributed by atoms with Gasteiger partial charge in [-0.05, 0) is 31.2 Å². The van der Waals surface area contributed by atoms with Crippen molar-refractivity contribution in [3.8, 4) is 5.75 Å². The van der Waals surface area contributed by atoms with Gasteiger partial charge in [-0.25, -0.2) is 0 Å². The molecular formula is C18H20BNO4S. The zero-order valence-corrected chi connectivity index (χ0v) is 15.1. The second kappa shape index (κ2) is 8.14. The standard InChI is InChI=1S/C18H20BNO4S/c1-4-14-10-11-20-18(19)17(14)24-15(5-2)12-23-25(21,22)16-8-6-13(3)7-9-16/h4-11,15H,1-2,12,19H2,3H3/t15-/m1/s1. The van der Waals surface area contributed by atoms with Crippen LogP contribution in [0.25, 0.3) is 6.08 Å². The molecule has 130 valence electrons. The van der Waals surface area contributed by atoms with Crippen LogP contribution >= 0.6 is 0 Å². The van der Waals surface area contributed by atoms with E-state index in [0.29, 0.717) is 11.3 Å². The van der Waals surface area contributed by atoms with E-state index >= 15 is 0 Å². The first-order valence-electron chi connectivity index (χ1n) is 7.70. The van der Waals surface area contributed by atoms with Gasteiger partial charge in [0.2, 0.25) is 0 Å². The highest BCUT2D eigenvalue weighted by Crippen LogP contribution is 2.18. The number of rotatable bonds is 8. The molecule has 0 aliphatic carbocycles. The molecule has 0 saturated heterocycles. The zero-order valence-electron chi connectivity index (χ0n) is 14.3. The van der Waals surface area contributed by atoms with Crippen molar-refractivity contribution in [2.24, 2.45) is 0 Å². The molecule has 2 rings (SSSR count). The van der Waals surface area contributed by atoms with Gasteiger partial charge in [0.15, 0.2) is 7.85 Å². The lowest BCUT2D eigenvalue weighted by atomic mass is 10.00. The third-order valence-electron chi connectivity index (χ3n) is 3.56. The van der Waals surface area contributed by atoms with Gasteiger partial charge in [-0.2, -0.15) is 8.42 Å². The molecule has 0 radical (unpaired) electrons. The minimum atomic E-state index is -3.86. The van der Waals surface area contributed by atoms with Gasteiger partial charge in [0, 0.05) is 17.4 Å². The number of aryl methyl sites for hydroxylation is 1. The van der Waals surface area contributed by atoms with Crippen LogP contribution < -0.4 is 10.3 Å². The van der Waals surface area contributed by atoms with Gasteiger partial charge < -0.3 is 4.74 Å². The first-order chi connectivity index (χ1) is 11.9. The molecule has 0 aliphatic rings. The second-order valence-corrected chi connectivity index (χ2v) is 7.08. The Morgan fingerprint density at radius 3 is 2.52 bits per heavy atom. The fraction of sp³-hybridized carbons (Fsp3) is 0.167. The number of ether oxygens (including phenoxy) is 1. The smallest absolute Gasteiger partial charge is 0.297 e. The molecule has 0 saturated carbocycles. The monoisotopic (exact) mass is 357 g/mol. The van der Waals surface area contributed by atoms with E-state index < -0.39 is 16.2 Å². The van der Waals surface area contributed by atoms with Gasteiger partial charge in [-0.1, -0.05) is 36.9 Å². The molecule has 7 heteroatoms. The first-order valence-corrected chi connectivity index (χ1v) is 9.11. The number of hydrogen-bond donors (Lipinski definition) is 0. The Hall–Kier alpha value is -2.38. The highest BCUT2D eigenvalue weighted by Gasteiger charge is 2.19. The van der Waals surface area contributed by atoms with Crippen LogP contribution in [0.5, 0.6) is 5.75 Å². The summed E-state index contributed by atoms with van der Waals surface area (Å²) in [6.07, 6.45) is 4.14. The molecule has 0 fully saturated rings. The maximum atomic E-state index is 12.3. The normalized spacial score (nSPS) is 12.4. The zero-order chi connectivity index (χ0) is 18.4. The molecule has 0 spiro atoms. The van der Waals surface area contributed by atoms with Gasteiger partial charge in [0.25, 0.3) is 10.1 Å². The number of benzene rings is 1. The molecule has 2 aromatic rings. The minimum absolute atomic E-state index is 0.102. The third kappa shape index (κ3) is 4.81. The molecule has 1 atom stereocenters. The lowest BCUT2D eigenvalue weighted by molar-refractivity contribution is 0.168. The van der Waals surface area contributed by atoms with Gasteiger partial charge in [-0.3, -0.25) is 9.17 Å². The number of hydrogen-bond acceptors (Lipinski definition) is 5. The Morgan fingerprint density at radius 2 is 1.92 bits per heavy atom. The molecule has 0 unspecified atom stereocenters. The minimum Gasteiger partial charge on any atom is -0.482 e. The van der Waals surface area contributed by atoms with E-state index in [4.69, 9.17) is 8.92 Å². The van der Waals surface area contributed by atoms with Crippen LogP contribution in [0.15, 0.2) is 60.7 Å². The predicted octanol–water partition coefficient (Wildman–Crippen LogP) is 1.63.